The van der Waals surface area contributed by atoms with E-state index in [-0.39, 0.29) is 30.3 Å². The smallest absolute Gasteiger partial charge is 0.253 e. The zero-order valence-corrected chi connectivity index (χ0v) is 13.8. The zero-order valence-electron chi connectivity index (χ0n) is 13.0. The van der Waals surface area contributed by atoms with Gasteiger partial charge in [0.1, 0.15) is 0 Å². The Hall–Kier alpha value is -1.59. The topological polar surface area (TPSA) is 61.4 Å². The Bertz CT molecular complexity index is 478. The predicted molar refractivity (Wildman–Crippen MR) is 87.2 cm³/mol. The van der Waals surface area contributed by atoms with Gasteiger partial charge in [-0.25, -0.2) is 0 Å². The third-order valence-corrected chi connectivity index (χ3v) is 2.90. The van der Waals surface area contributed by atoms with Gasteiger partial charge in [0.05, 0.1) is 0 Å². The number of halogens is 1. The molecule has 0 unspecified atom stereocenters. The van der Waals surface area contributed by atoms with Gasteiger partial charge < -0.3 is 15.5 Å². The molecule has 0 saturated heterocycles. The largest absolute Gasteiger partial charge is 0.350 e. The first-order chi connectivity index (χ1) is 9.45. The molecule has 0 aliphatic heterocycles. The molecule has 6 heteroatoms. The number of benzene rings is 1. The van der Waals surface area contributed by atoms with Crippen LogP contribution in [0.2, 0.25) is 0 Å². The molecule has 1 aromatic rings. The van der Waals surface area contributed by atoms with Crippen molar-refractivity contribution in [3.63, 3.8) is 0 Å². The van der Waals surface area contributed by atoms with Gasteiger partial charge in [0.25, 0.3) is 11.8 Å². The Morgan fingerprint density at radius 2 is 1.86 bits per heavy atom. The fourth-order valence-electron chi connectivity index (χ4n) is 1.82. The summed E-state index contributed by atoms with van der Waals surface area (Å²) in [6.07, 6.45) is 0. The number of hydrogen-bond acceptors (Lipinski definition) is 3. The molecule has 0 heterocycles. The Labute approximate surface area is 132 Å². The van der Waals surface area contributed by atoms with E-state index in [0.29, 0.717) is 17.7 Å². The molecule has 0 fully saturated rings. The SMILES string of the molecule is CCN[C@H](C)CNC(=O)c1cccc(C(=O)N(C)C)c1.Cl. The van der Waals surface area contributed by atoms with Crippen LogP contribution >= 0.6 is 12.4 Å². The summed E-state index contributed by atoms with van der Waals surface area (Å²) < 4.78 is 0. The van der Waals surface area contributed by atoms with Gasteiger partial charge in [-0.3, -0.25) is 9.59 Å². The molecule has 0 radical (unpaired) electrons. The van der Waals surface area contributed by atoms with E-state index in [0.717, 1.165) is 6.54 Å². The van der Waals surface area contributed by atoms with Crippen LogP contribution in [0.25, 0.3) is 0 Å². The molecule has 0 spiro atoms. The Morgan fingerprint density at radius 1 is 1.24 bits per heavy atom. The second kappa shape index (κ2) is 9.37. The van der Waals surface area contributed by atoms with Crippen molar-refractivity contribution in [3.05, 3.63) is 35.4 Å². The first-order valence-electron chi connectivity index (χ1n) is 6.79. The summed E-state index contributed by atoms with van der Waals surface area (Å²) in [6, 6.07) is 6.98. The highest BCUT2D eigenvalue weighted by atomic mass is 35.5. The van der Waals surface area contributed by atoms with E-state index in [1.165, 1.54) is 4.90 Å². The minimum absolute atomic E-state index is 0. The van der Waals surface area contributed by atoms with E-state index in [9.17, 15) is 9.59 Å². The molecule has 0 bridgehead atoms. The third-order valence-electron chi connectivity index (χ3n) is 2.90. The van der Waals surface area contributed by atoms with E-state index in [4.69, 9.17) is 0 Å². The minimum atomic E-state index is -0.164. The number of carbonyl (C=O) groups excluding carboxylic acids is 2. The highest BCUT2D eigenvalue weighted by Crippen LogP contribution is 2.07. The van der Waals surface area contributed by atoms with Crippen molar-refractivity contribution in [2.75, 3.05) is 27.2 Å². The standard InChI is InChI=1S/C15H23N3O2.ClH/c1-5-16-11(2)10-17-14(19)12-7-6-8-13(9-12)15(20)18(3)4;/h6-9,11,16H,5,10H2,1-4H3,(H,17,19);1H/t11-;/m1./s1. The number of nitrogens with one attached hydrogen (secondary N) is 2. The van der Waals surface area contributed by atoms with E-state index < -0.39 is 0 Å². The number of carbonyl (C=O) groups is 2. The van der Waals surface area contributed by atoms with Crippen LogP contribution in [0.1, 0.15) is 34.6 Å². The van der Waals surface area contributed by atoms with Crippen molar-refractivity contribution in [1.82, 2.24) is 15.5 Å². The summed E-state index contributed by atoms with van der Waals surface area (Å²) in [5.41, 5.74) is 1.02. The summed E-state index contributed by atoms with van der Waals surface area (Å²) >= 11 is 0. The van der Waals surface area contributed by atoms with Crippen molar-refractivity contribution in [1.29, 1.82) is 0 Å². The molecular formula is C15H24ClN3O2. The molecule has 1 atom stereocenters. The molecule has 118 valence electrons. The maximum Gasteiger partial charge on any atom is 0.253 e. The van der Waals surface area contributed by atoms with Gasteiger partial charge in [-0.2, -0.15) is 0 Å². The summed E-state index contributed by atoms with van der Waals surface area (Å²) in [6.45, 7) is 5.45. The first-order valence-corrected chi connectivity index (χ1v) is 6.79. The number of likely N-dealkylation sites (N-methyl/N-ethyl adjacent to an activating group) is 1. The minimum Gasteiger partial charge on any atom is -0.350 e. The van der Waals surface area contributed by atoms with Crippen LogP contribution in [-0.2, 0) is 0 Å². The molecule has 2 amide bonds. The highest BCUT2D eigenvalue weighted by molar-refractivity contribution is 5.99. The Kier molecular flexibility index (Phi) is 8.66. The van der Waals surface area contributed by atoms with Crippen molar-refractivity contribution in [3.8, 4) is 0 Å². The van der Waals surface area contributed by atoms with Gasteiger partial charge in [0.2, 0.25) is 0 Å². The highest BCUT2D eigenvalue weighted by Gasteiger charge is 2.12. The van der Waals surface area contributed by atoms with E-state index >= 15 is 0 Å². The molecular weight excluding hydrogens is 290 g/mol. The number of hydrogen-bond donors (Lipinski definition) is 2. The second-order valence-corrected chi connectivity index (χ2v) is 4.95. The maximum absolute atomic E-state index is 12.0. The van der Waals surface area contributed by atoms with Gasteiger partial charge in [0.15, 0.2) is 0 Å². The number of amides is 2. The summed E-state index contributed by atoms with van der Waals surface area (Å²) in [5, 5.41) is 6.07. The van der Waals surface area contributed by atoms with Gasteiger partial charge in [-0.15, -0.1) is 12.4 Å². The average Bonchev–Trinajstić information content (AvgIpc) is 2.44. The zero-order chi connectivity index (χ0) is 15.1. The Morgan fingerprint density at radius 3 is 2.43 bits per heavy atom. The molecule has 0 aliphatic carbocycles. The first kappa shape index (κ1) is 19.4. The summed E-state index contributed by atoms with van der Waals surface area (Å²) in [4.78, 5) is 25.4. The van der Waals surface area contributed by atoms with Crippen LogP contribution in [0, 0.1) is 0 Å². The van der Waals surface area contributed by atoms with Crippen LogP contribution in [-0.4, -0.2) is 49.9 Å². The van der Waals surface area contributed by atoms with Crippen molar-refractivity contribution in [2.24, 2.45) is 0 Å². The monoisotopic (exact) mass is 313 g/mol. The Balaban J connectivity index is 0.00000400. The molecule has 5 nitrogen and oxygen atoms in total. The molecule has 0 aliphatic rings. The fraction of sp³-hybridized carbons (Fsp3) is 0.467. The third kappa shape index (κ3) is 6.14. The lowest BCUT2D eigenvalue weighted by atomic mass is 10.1. The lowest BCUT2D eigenvalue weighted by molar-refractivity contribution is 0.0827. The van der Waals surface area contributed by atoms with Gasteiger partial charge in [0, 0.05) is 37.8 Å². The van der Waals surface area contributed by atoms with Crippen molar-refractivity contribution in [2.45, 2.75) is 19.9 Å². The van der Waals surface area contributed by atoms with Crippen LogP contribution in [0.5, 0.6) is 0 Å². The lowest BCUT2D eigenvalue weighted by Gasteiger charge is -2.14. The van der Waals surface area contributed by atoms with Crippen molar-refractivity contribution < 1.29 is 9.59 Å². The van der Waals surface area contributed by atoms with Crippen LogP contribution in [0.3, 0.4) is 0 Å². The molecule has 21 heavy (non-hydrogen) atoms. The summed E-state index contributed by atoms with van der Waals surface area (Å²) in [5.74, 6) is -0.274. The molecule has 1 aromatic carbocycles. The molecule has 0 saturated carbocycles. The van der Waals surface area contributed by atoms with Crippen LogP contribution in [0.4, 0.5) is 0 Å². The molecule has 1 rings (SSSR count). The predicted octanol–water partition coefficient (Wildman–Crippen LogP) is 1.54. The van der Waals surface area contributed by atoms with Crippen LogP contribution in [0.15, 0.2) is 24.3 Å². The lowest BCUT2D eigenvalue weighted by Crippen LogP contribution is -2.38. The van der Waals surface area contributed by atoms with Crippen LogP contribution < -0.4 is 10.6 Å². The average molecular weight is 314 g/mol. The maximum atomic E-state index is 12.0. The second-order valence-electron chi connectivity index (χ2n) is 4.95. The van der Waals surface area contributed by atoms with E-state index in [2.05, 4.69) is 10.6 Å². The molecule has 0 aromatic heterocycles. The number of nitrogens with zero attached hydrogens (tertiary/aromatic N) is 1. The summed E-state index contributed by atoms with van der Waals surface area (Å²) in [7, 11) is 3.38. The van der Waals surface area contributed by atoms with Gasteiger partial charge >= 0.3 is 0 Å². The molecule has 2 N–H and O–H groups in total. The van der Waals surface area contributed by atoms with E-state index in [1.807, 2.05) is 13.8 Å². The normalized spacial score (nSPS) is 11.2. The van der Waals surface area contributed by atoms with Gasteiger partial charge in [-0.05, 0) is 31.7 Å². The fourth-order valence-corrected chi connectivity index (χ4v) is 1.82. The quantitative estimate of drug-likeness (QED) is 0.837. The van der Waals surface area contributed by atoms with E-state index in [1.54, 1.807) is 38.4 Å². The number of rotatable bonds is 6. The van der Waals surface area contributed by atoms with Gasteiger partial charge in [-0.1, -0.05) is 13.0 Å². The van der Waals surface area contributed by atoms with Crippen molar-refractivity contribution >= 4 is 24.2 Å².